The Morgan fingerprint density at radius 2 is 1.76 bits per heavy atom. The lowest BCUT2D eigenvalue weighted by Crippen LogP contribution is -2.36. The molecule has 0 fully saturated rings. The number of rotatable bonds is 5. The number of carbonyl (C=O) groups is 1. The number of nitrogens with one attached hydrogen (secondary N) is 1. The minimum Gasteiger partial charge on any atom is -0.491 e. The summed E-state index contributed by atoms with van der Waals surface area (Å²) in [5.74, 6) is 1.75. The highest BCUT2D eigenvalue weighted by Crippen LogP contribution is 2.34. The molecule has 1 N–H and O–H groups in total. The second-order valence-corrected chi connectivity index (χ2v) is 7.83. The highest BCUT2D eigenvalue weighted by molar-refractivity contribution is 5.89. The van der Waals surface area contributed by atoms with Gasteiger partial charge in [-0.2, -0.15) is 0 Å². The highest BCUT2D eigenvalue weighted by atomic mass is 19.1. The van der Waals surface area contributed by atoms with Gasteiger partial charge in [0, 0.05) is 17.3 Å². The molecule has 2 amide bonds. The van der Waals surface area contributed by atoms with Crippen LogP contribution in [0.25, 0.3) is 0 Å². The number of carbonyl (C=O) groups excluding carboxylic acids is 1. The van der Waals surface area contributed by atoms with Crippen molar-refractivity contribution in [1.29, 1.82) is 0 Å². The molecule has 2 heterocycles. The fourth-order valence-electron chi connectivity index (χ4n) is 3.80. The summed E-state index contributed by atoms with van der Waals surface area (Å²) >= 11 is 0. The van der Waals surface area contributed by atoms with E-state index in [-0.39, 0.29) is 18.6 Å². The van der Waals surface area contributed by atoms with Crippen LogP contribution in [0.15, 0.2) is 60.7 Å². The summed E-state index contributed by atoms with van der Waals surface area (Å²) in [4.78, 5) is 14.6. The summed E-state index contributed by atoms with van der Waals surface area (Å²) in [6.07, 6.45) is 0. The summed E-state index contributed by atoms with van der Waals surface area (Å²) in [5.41, 5.74) is 3.26. The third kappa shape index (κ3) is 5.01. The fraction of sp³-hybridized carbons (Fsp3) is 0.240. The Hall–Kier alpha value is -3.78. The molecule has 33 heavy (non-hydrogen) atoms. The molecule has 2 aliphatic rings. The predicted octanol–water partition coefficient (Wildman–Crippen LogP) is 4.70. The summed E-state index contributed by atoms with van der Waals surface area (Å²) in [7, 11) is 0. The van der Waals surface area contributed by atoms with E-state index in [0.29, 0.717) is 50.1 Å². The summed E-state index contributed by atoms with van der Waals surface area (Å²) in [6.45, 7) is 2.13. The number of anilines is 1. The van der Waals surface area contributed by atoms with E-state index in [1.807, 2.05) is 24.3 Å². The molecule has 0 atom stereocenters. The molecule has 0 unspecified atom stereocenters. The molecule has 3 aromatic rings. The van der Waals surface area contributed by atoms with Crippen LogP contribution in [0.1, 0.15) is 16.7 Å². The minimum absolute atomic E-state index is 0.182. The van der Waals surface area contributed by atoms with Gasteiger partial charge in [-0.05, 0) is 47.5 Å². The number of urea groups is 1. The topological polar surface area (TPSA) is 69.3 Å². The number of nitrogens with zero attached hydrogens (tertiary/aromatic N) is 1. The van der Waals surface area contributed by atoms with E-state index in [1.54, 1.807) is 29.2 Å². The van der Waals surface area contributed by atoms with Crippen molar-refractivity contribution in [3.8, 4) is 17.2 Å². The van der Waals surface area contributed by atoms with Crippen molar-refractivity contribution >= 4 is 11.7 Å². The molecule has 0 bridgehead atoms. The molecular formula is C25H23FN2O5. The smallest absolute Gasteiger partial charge is 0.322 e. The van der Waals surface area contributed by atoms with Crippen LogP contribution in [0, 0.1) is 5.82 Å². The molecule has 2 aliphatic heterocycles. The standard InChI is InChI=1S/C25H23FN2O5/c26-20-3-1-2-17(11-20)14-30-15-18-4-6-22-19(10-18)13-28(8-9-31-22)25(29)27-21-5-7-23-24(12-21)33-16-32-23/h1-7,10-12H,8-9,13-16H2,(H,27,29). The first-order valence-electron chi connectivity index (χ1n) is 10.7. The summed E-state index contributed by atoms with van der Waals surface area (Å²) < 4.78 is 35.6. The van der Waals surface area contributed by atoms with Crippen LogP contribution in [0.3, 0.4) is 0 Å². The van der Waals surface area contributed by atoms with Gasteiger partial charge in [0.2, 0.25) is 6.79 Å². The van der Waals surface area contributed by atoms with Crippen LogP contribution in [0.4, 0.5) is 14.9 Å². The zero-order valence-corrected chi connectivity index (χ0v) is 17.9. The van der Waals surface area contributed by atoms with E-state index in [2.05, 4.69) is 5.32 Å². The molecule has 5 rings (SSSR count). The third-order valence-corrected chi connectivity index (χ3v) is 5.44. The van der Waals surface area contributed by atoms with Crippen LogP contribution in [-0.2, 0) is 24.5 Å². The fourth-order valence-corrected chi connectivity index (χ4v) is 3.80. The zero-order chi connectivity index (χ0) is 22.6. The molecule has 8 heteroatoms. The van der Waals surface area contributed by atoms with Gasteiger partial charge in [0.15, 0.2) is 11.5 Å². The van der Waals surface area contributed by atoms with Gasteiger partial charge in [-0.25, -0.2) is 9.18 Å². The van der Waals surface area contributed by atoms with Gasteiger partial charge in [0.25, 0.3) is 0 Å². The van der Waals surface area contributed by atoms with Crippen molar-refractivity contribution < 1.29 is 28.1 Å². The number of ether oxygens (including phenoxy) is 4. The molecule has 0 saturated carbocycles. The maximum absolute atomic E-state index is 13.3. The summed E-state index contributed by atoms with van der Waals surface area (Å²) in [5, 5.41) is 2.91. The van der Waals surface area contributed by atoms with Crippen molar-refractivity contribution in [1.82, 2.24) is 4.90 Å². The van der Waals surface area contributed by atoms with Crippen LogP contribution >= 0.6 is 0 Å². The zero-order valence-electron chi connectivity index (χ0n) is 17.9. The lowest BCUT2D eigenvalue weighted by Gasteiger charge is -2.20. The van der Waals surface area contributed by atoms with Crippen molar-refractivity contribution in [3.05, 3.63) is 83.2 Å². The molecular weight excluding hydrogens is 427 g/mol. The first-order chi connectivity index (χ1) is 16.1. The SMILES string of the molecule is O=C(Nc1ccc2c(c1)OCO2)N1CCOc2ccc(COCc3cccc(F)c3)cc2C1. The van der Waals surface area contributed by atoms with E-state index in [0.717, 1.165) is 22.4 Å². The van der Waals surface area contributed by atoms with Gasteiger partial charge in [-0.3, -0.25) is 0 Å². The Morgan fingerprint density at radius 3 is 2.64 bits per heavy atom. The average Bonchev–Trinajstić information content (AvgIpc) is 3.17. The van der Waals surface area contributed by atoms with Gasteiger partial charge in [-0.1, -0.05) is 18.2 Å². The maximum atomic E-state index is 13.3. The van der Waals surface area contributed by atoms with E-state index in [1.165, 1.54) is 12.1 Å². The van der Waals surface area contributed by atoms with Crippen molar-refractivity contribution in [2.75, 3.05) is 25.3 Å². The lowest BCUT2D eigenvalue weighted by molar-refractivity contribution is 0.107. The number of hydrogen-bond donors (Lipinski definition) is 1. The molecule has 0 aliphatic carbocycles. The van der Waals surface area contributed by atoms with Gasteiger partial charge < -0.3 is 29.2 Å². The van der Waals surface area contributed by atoms with Crippen molar-refractivity contribution in [2.45, 2.75) is 19.8 Å². The van der Waals surface area contributed by atoms with E-state index in [9.17, 15) is 9.18 Å². The van der Waals surface area contributed by atoms with Gasteiger partial charge >= 0.3 is 6.03 Å². The van der Waals surface area contributed by atoms with Crippen LogP contribution in [0.5, 0.6) is 17.2 Å². The molecule has 0 saturated heterocycles. The largest absolute Gasteiger partial charge is 0.491 e. The Kier molecular flexibility index (Phi) is 5.99. The van der Waals surface area contributed by atoms with E-state index < -0.39 is 0 Å². The Balaban J connectivity index is 1.22. The maximum Gasteiger partial charge on any atom is 0.322 e. The number of halogens is 1. The van der Waals surface area contributed by atoms with Crippen LogP contribution in [-0.4, -0.2) is 30.9 Å². The molecule has 0 aromatic heterocycles. The molecule has 3 aromatic carbocycles. The van der Waals surface area contributed by atoms with E-state index >= 15 is 0 Å². The molecule has 0 spiro atoms. The second kappa shape index (κ2) is 9.38. The van der Waals surface area contributed by atoms with Crippen LogP contribution < -0.4 is 19.5 Å². The van der Waals surface area contributed by atoms with Crippen molar-refractivity contribution in [2.24, 2.45) is 0 Å². The monoisotopic (exact) mass is 450 g/mol. The third-order valence-electron chi connectivity index (χ3n) is 5.44. The number of hydrogen-bond acceptors (Lipinski definition) is 5. The van der Waals surface area contributed by atoms with Gasteiger partial charge in [0.1, 0.15) is 18.2 Å². The second-order valence-electron chi connectivity index (χ2n) is 7.83. The normalized spacial score (nSPS) is 14.3. The number of benzene rings is 3. The van der Waals surface area contributed by atoms with Crippen molar-refractivity contribution in [3.63, 3.8) is 0 Å². The first kappa shape index (κ1) is 21.1. The lowest BCUT2D eigenvalue weighted by atomic mass is 10.1. The Labute approximate surface area is 190 Å². The number of fused-ring (bicyclic) bond motifs is 2. The van der Waals surface area contributed by atoms with E-state index in [4.69, 9.17) is 18.9 Å². The predicted molar refractivity (Wildman–Crippen MR) is 119 cm³/mol. The molecule has 7 nitrogen and oxygen atoms in total. The average molecular weight is 450 g/mol. The number of amides is 2. The van der Waals surface area contributed by atoms with Crippen LogP contribution in [0.2, 0.25) is 0 Å². The summed E-state index contributed by atoms with van der Waals surface area (Å²) in [6, 6.07) is 17.2. The minimum atomic E-state index is -0.280. The quantitative estimate of drug-likeness (QED) is 0.610. The van der Waals surface area contributed by atoms with Gasteiger partial charge in [0.05, 0.1) is 26.3 Å². The molecule has 170 valence electrons. The highest BCUT2D eigenvalue weighted by Gasteiger charge is 2.21. The molecule has 0 radical (unpaired) electrons. The Bertz CT molecular complexity index is 1170. The Morgan fingerprint density at radius 1 is 0.939 bits per heavy atom. The van der Waals surface area contributed by atoms with Gasteiger partial charge in [-0.15, -0.1) is 0 Å². The first-order valence-corrected chi connectivity index (χ1v) is 10.7.